The highest BCUT2D eigenvalue weighted by Gasteiger charge is 2.23. The molecule has 7 nitrogen and oxygen atoms in total. The van der Waals surface area contributed by atoms with E-state index in [4.69, 9.17) is 19.8 Å². The number of carboxylic acids is 2. The number of aliphatic carboxylic acids is 2. The van der Waals surface area contributed by atoms with Gasteiger partial charge >= 0.3 is 11.9 Å². The average Bonchev–Trinajstić information content (AvgIpc) is 2.55. The van der Waals surface area contributed by atoms with Crippen LogP contribution in [0.2, 0.25) is 0 Å². The number of rotatable bonds is 2. The molecule has 0 saturated carbocycles. The lowest BCUT2D eigenvalue weighted by Crippen LogP contribution is -2.50. The van der Waals surface area contributed by atoms with Gasteiger partial charge in [-0.3, -0.25) is 9.69 Å². The minimum absolute atomic E-state index is 0.00148. The monoisotopic (exact) mass is 340 g/mol. The SMILES string of the molecule is CC(C)N1CCN(C(=O)c2ccc(F)cc2)CC1.O=C(O)C(=O)O. The maximum atomic E-state index is 12.8. The zero-order valence-corrected chi connectivity index (χ0v) is 13.6. The fourth-order valence-electron chi connectivity index (χ4n) is 2.22. The van der Waals surface area contributed by atoms with Gasteiger partial charge in [0.2, 0.25) is 0 Å². The van der Waals surface area contributed by atoms with Crippen molar-refractivity contribution in [3.8, 4) is 0 Å². The lowest BCUT2D eigenvalue weighted by Gasteiger charge is -2.36. The van der Waals surface area contributed by atoms with Crippen LogP contribution in [0.5, 0.6) is 0 Å². The summed E-state index contributed by atoms with van der Waals surface area (Å²) in [7, 11) is 0. The molecule has 2 N–H and O–H groups in total. The van der Waals surface area contributed by atoms with E-state index in [0.717, 1.165) is 26.2 Å². The maximum Gasteiger partial charge on any atom is 0.414 e. The number of hydrogen-bond donors (Lipinski definition) is 2. The number of amides is 1. The number of halogens is 1. The Labute approximate surface area is 139 Å². The van der Waals surface area contributed by atoms with Gasteiger partial charge in [-0.25, -0.2) is 14.0 Å². The van der Waals surface area contributed by atoms with Crippen LogP contribution in [-0.4, -0.2) is 70.1 Å². The first kappa shape index (κ1) is 19.6. The van der Waals surface area contributed by atoms with Crippen LogP contribution in [0.1, 0.15) is 24.2 Å². The number of piperazine rings is 1. The van der Waals surface area contributed by atoms with Crippen LogP contribution in [0.15, 0.2) is 24.3 Å². The fourth-order valence-corrected chi connectivity index (χ4v) is 2.22. The minimum Gasteiger partial charge on any atom is -0.473 e. The molecule has 1 heterocycles. The molecule has 1 aromatic carbocycles. The van der Waals surface area contributed by atoms with E-state index in [0.29, 0.717) is 11.6 Å². The van der Waals surface area contributed by atoms with Gasteiger partial charge in [0.15, 0.2) is 0 Å². The van der Waals surface area contributed by atoms with E-state index in [-0.39, 0.29) is 11.7 Å². The zero-order chi connectivity index (χ0) is 18.3. The molecule has 2 rings (SSSR count). The third-order valence-electron chi connectivity index (χ3n) is 3.61. The molecule has 132 valence electrons. The third-order valence-corrected chi connectivity index (χ3v) is 3.61. The Morgan fingerprint density at radius 3 is 1.79 bits per heavy atom. The van der Waals surface area contributed by atoms with E-state index < -0.39 is 11.9 Å². The van der Waals surface area contributed by atoms with Crippen molar-refractivity contribution in [2.45, 2.75) is 19.9 Å². The maximum absolute atomic E-state index is 12.8. The molecule has 0 unspecified atom stereocenters. The predicted molar refractivity (Wildman–Crippen MR) is 84.3 cm³/mol. The van der Waals surface area contributed by atoms with Crippen LogP contribution in [0.25, 0.3) is 0 Å². The summed E-state index contributed by atoms with van der Waals surface area (Å²) in [5.74, 6) is -3.96. The van der Waals surface area contributed by atoms with Crippen LogP contribution in [0, 0.1) is 5.82 Å². The Balaban J connectivity index is 0.000000413. The molecular weight excluding hydrogens is 319 g/mol. The molecule has 1 fully saturated rings. The quantitative estimate of drug-likeness (QED) is 0.784. The first-order chi connectivity index (χ1) is 11.2. The molecule has 0 spiro atoms. The van der Waals surface area contributed by atoms with E-state index in [1.54, 1.807) is 12.1 Å². The minimum atomic E-state index is -1.82. The van der Waals surface area contributed by atoms with Gasteiger partial charge in [-0.1, -0.05) is 0 Å². The van der Waals surface area contributed by atoms with Crippen molar-refractivity contribution in [1.82, 2.24) is 9.80 Å². The van der Waals surface area contributed by atoms with Crippen LogP contribution in [0.4, 0.5) is 4.39 Å². The van der Waals surface area contributed by atoms with Gasteiger partial charge in [-0.2, -0.15) is 0 Å². The summed E-state index contributed by atoms with van der Waals surface area (Å²) >= 11 is 0. The summed E-state index contributed by atoms with van der Waals surface area (Å²) in [5.41, 5.74) is 0.564. The Morgan fingerprint density at radius 1 is 0.958 bits per heavy atom. The number of carbonyl (C=O) groups excluding carboxylic acids is 1. The molecule has 1 aliphatic rings. The number of carbonyl (C=O) groups is 3. The van der Waals surface area contributed by atoms with Crippen molar-refractivity contribution in [3.05, 3.63) is 35.6 Å². The summed E-state index contributed by atoms with van der Waals surface area (Å²) < 4.78 is 12.8. The highest BCUT2D eigenvalue weighted by molar-refractivity contribution is 6.27. The topological polar surface area (TPSA) is 98.2 Å². The largest absolute Gasteiger partial charge is 0.473 e. The normalized spacial score (nSPS) is 14.8. The van der Waals surface area contributed by atoms with Gasteiger partial charge in [-0.05, 0) is 38.1 Å². The Morgan fingerprint density at radius 2 is 1.42 bits per heavy atom. The molecule has 24 heavy (non-hydrogen) atoms. The highest BCUT2D eigenvalue weighted by Crippen LogP contribution is 2.11. The average molecular weight is 340 g/mol. The molecule has 0 aromatic heterocycles. The summed E-state index contributed by atoms with van der Waals surface area (Å²) in [4.78, 5) is 34.6. The second-order valence-corrected chi connectivity index (χ2v) is 5.54. The second kappa shape index (κ2) is 8.97. The molecule has 1 amide bonds. The Hall–Kier alpha value is -2.48. The van der Waals surface area contributed by atoms with E-state index in [1.807, 2.05) is 4.90 Å². The lowest BCUT2D eigenvalue weighted by molar-refractivity contribution is -0.159. The molecule has 8 heteroatoms. The van der Waals surface area contributed by atoms with Gasteiger partial charge in [0.25, 0.3) is 5.91 Å². The van der Waals surface area contributed by atoms with E-state index in [2.05, 4.69) is 18.7 Å². The van der Waals surface area contributed by atoms with Crippen LogP contribution in [0.3, 0.4) is 0 Å². The van der Waals surface area contributed by atoms with Crippen molar-refractivity contribution >= 4 is 17.8 Å². The lowest BCUT2D eigenvalue weighted by atomic mass is 10.1. The zero-order valence-electron chi connectivity index (χ0n) is 13.6. The van der Waals surface area contributed by atoms with Gasteiger partial charge in [0.1, 0.15) is 5.82 Å². The van der Waals surface area contributed by atoms with Crippen molar-refractivity contribution in [3.63, 3.8) is 0 Å². The predicted octanol–water partition coefficient (Wildman–Crippen LogP) is 1.15. The van der Waals surface area contributed by atoms with Crippen molar-refractivity contribution < 1.29 is 29.0 Å². The first-order valence-electron chi connectivity index (χ1n) is 7.47. The highest BCUT2D eigenvalue weighted by atomic mass is 19.1. The van der Waals surface area contributed by atoms with Gasteiger partial charge in [0, 0.05) is 37.8 Å². The molecule has 1 aliphatic heterocycles. The molecule has 0 atom stereocenters. The molecule has 0 bridgehead atoms. The van der Waals surface area contributed by atoms with Crippen molar-refractivity contribution in [1.29, 1.82) is 0 Å². The molecule has 1 saturated heterocycles. The Bertz CT molecular complexity index is 569. The van der Waals surface area contributed by atoms with Crippen LogP contribution in [-0.2, 0) is 9.59 Å². The van der Waals surface area contributed by atoms with Gasteiger partial charge < -0.3 is 15.1 Å². The number of nitrogens with zero attached hydrogens (tertiary/aromatic N) is 2. The fraction of sp³-hybridized carbons (Fsp3) is 0.438. The first-order valence-corrected chi connectivity index (χ1v) is 7.47. The van der Waals surface area contributed by atoms with Gasteiger partial charge in [0.05, 0.1) is 0 Å². The van der Waals surface area contributed by atoms with E-state index in [9.17, 15) is 9.18 Å². The number of benzene rings is 1. The van der Waals surface area contributed by atoms with Gasteiger partial charge in [-0.15, -0.1) is 0 Å². The van der Waals surface area contributed by atoms with Crippen molar-refractivity contribution in [2.75, 3.05) is 26.2 Å². The Kier molecular flexibility index (Phi) is 7.31. The smallest absolute Gasteiger partial charge is 0.414 e. The summed E-state index contributed by atoms with van der Waals surface area (Å²) in [6.07, 6.45) is 0. The van der Waals surface area contributed by atoms with E-state index >= 15 is 0 Å². The number of carboxylic acid groups (broad SMARTS) is 2. The van der Waals surface area contributed by atoms with Crippen molar-refractivity contribution in [2.24, 2.45) is 0 Å². The van der Waals surface area contributed by atoms with Crippen LogP contribution < -0.4 is 0 Å². The third kappa shape index (κ3) is 5.96. The number of hydrogen-bond acceptors (Lipinski definition) is 4. The molecule has 1 aromatic rings. The molecular formula is C16H21FN2O5. The van der Waals surface area contributed by atoms with Crippen LogP contribution >= 0.6 is 0 Å². The summed E-state index contributed by atoms with van der Waals surface area (Å²) in [6.45, 7) is 7.63. The molecule has 0 radical (unpaired) electrons. The molecule has 0 aliphatic carbocycles. The van der Waals surface area contributed by atoms with E-state index in [1.165, 1.54) is 12.1 Å². The second-order valence-electron chi connectivity index (χ2n) is 5.54. The standard InChI is InChI=1S/C14H19FN2O.C2H2O4/c1-11(2)16-7-9-17(10-8-16)14(18)12-3-5-13(15)6-4-12;3-1(4)2(5)6/h3-6,11H,7-10H2,1-2H3;(H,3,4)(H,5,6). The summed E-state index contributed by atoms with van der Waals surface area (Å²) in [5, 5.41) is 14.8. The summed E-state index contributed by atoms with van der Waals surface area (Å²) in [6, 6.07) is 6.28.